The molecule has 4 heteroatoms. The van der Waals surface area contributed by atoms with Gasteiger partial charge in [-0.3, -0.25) is 0 Å². The van der Waals surface area contributed by atoms with Crippen molar-refractivity contribution in [3.05, 3.63) is 35.6 Å². The molecule has 2 aliphatic rings. The van der Waals surface area contributed by atoms with E-state index in [0.717, 1.165) is 51.1 Å². The normalized spacial score (nSPS) is 30.7. The average molecular weight is 293 g/mol. The van der Waals surface area contributed by atoms with Crippen LogP contribution in [0, 0.1) is 11.7 Å². The summed E-state index contributed by atoms with van der Waals surface area (Å²) in [5.74, 6) is 0.392. The number of hydrogen-bond acceptors (Lipinski definition) is 3. The average Bonchev–Trinajstić information content (AvgIpc) is 2.92. The fraction of sp³-hybridized carbons (Fsp3) is 0.647. The summed E-state index contributed by atoms with van der Waals surface area (Å²) < 4.78 is 24.9. The molecule has 116 valence electrons. The highest BCUT2D eigenvalue weighted by Crippen LogP contribution is 2.37. The quantitative estimate of drug-likeness (QED) is 0.925. The number of nitrogens with one attached hydrogen (secondary N) is 1. The third kappa shape index (κ3) is 3.44. The molecule has 21 heavy (non-hydrogen) atoms. The lowest BCUT2D eigenvalue weighted by molar-refractivity contribution is -0.102. The minimum Gasteiger partial charge on any atom is -0.378 e. The molecule has 2 fully saturated rings. The molecule has 1 aromatic rings. The van der Waals surface area contributed by atoms with Gasteiger partial charge in [-0.15, -0.1) is 0 Å². The van der Waals surface area contributed by atoms with Crippen molar-refractivity contribution >= 4 is 0 Å². The molecular formula is C17H24FNO2. The Morgan fingerprint density at radius 3 is 3.05 bits per heavy atom. The first kappa shape index (κ1) is 14.9. The summed E-state index contributed by atoms with van der Waals surface area (Å²) in [7, 11) is 2.00. The van der Waals surface area contributed by atoms with Gasteiger partial charge in [0.2, 0.25) is 0 Å². The van der Waals surface area contributed by atoms with E-state index in [-0.39, 0.29) is 11.4 Å². The minimum absolute atomic E-state index is 0.0695. The van der Waals surface area contributed by atoms with Crippen LogP contribution in [0.2, 0.25) is 0 Å². The third-order valence-corrected chi connectivity index (χ3v) is 4.88. The lowest BCUT2D eigenvalue weighted by atomic mass is 9.79. The van der Waals surface area contributed by atoms with Crippen LogP contribution in [0.15, 0.2) is 24.3 Å². The highest BCUT2D eigenvalue weighted by molar-refractivity contribution is 5.18. The van der Waals surface area contributed by atoms with Crippen LogP contribution in [-0.2, 0) is 15.9 Å². The van der Waals surface area contributed by atoms with Crippen molar-refractivity contribution in [3.8, 4) is 0 Å². The summed E-state index contributed by atoms with van der Waals surface area (Å²) in [5, 5.41) is 3.43. The fourth-order valence-electron chi connectivity index (χ4n) is 3.69. The van der Waals surface area contributed by atoms with Gasteiger partial charge in [0.1, 0.15) is 5.82 Å². The molecule has 0 radical (unpaired) electrons. The molecule has 0 aliphatic carbocycles. The van der Waals surface area contributed by atoms with Crippen LogP contribution in [0.25, 0.3) is 0 Å². The van der Waals surface area contributed by atoms with Gasteiger partial charge in [0.05, 0.1) is 12.2 Å². The first-order chi connectivity index (χ1) is 10.2. The summed E-state index contributed by atoms with van der Waals surface area (Å²) in [6, 6.07) is 7.28. The van der Waals surface area contributed by atoms with E-state index in [0.29, 0.717) is 12.0 Å². The van der Waals surface area contributed by atoms with Crippen molar-refractivity contribution in [1.29, 1.82) is 0 Å². The van der Waals surface area contributed by atoms with Gasteiger partial charge >= 0.3 is 0 Å². The van der Waals surface area contributed by atoms with Gasteiger partial charge in [-0.2, -0.15) is 0 Å². The monoisotopic (exact) mass is 293 g/mol. The number of hydrogen-bond donors (Lipinski definition) is 1. The van der Waals surface area contributed by atoms with Gasteiger partial charge < -0.3 is 14.8 Å². The Morgan fingerprint density at radius 2 is 2.33 bits per heavy atom. The predicted octanol–water partition coefficient (Wildman–Crippen LogP) is 2.54. The lowest BCUT2D eigenvalue weighted by Crippen LogP contribution is -2.47. The highest BCUT2D eigenvalue weighted by atomic mass is 19.1. The first-order valence-corrected chi connectivity index (χ1v) is 7.84. The largest absolute Gasteiger partial charge is 0.378 e. The van der Waals surface area contributed by atoms with Crippen LogP contribution >= 0.6 is 0 Å². The number of ether oxygens (including phenoxy) is 2. The number of likely N-dealkylation sites (N-methyl/N-ethyl adjacent to an activating group) is 1. The molecule has 2 heterocycles. The Balaban J connectivity index is 1.67. The molecule has 0 aromatic heterocycles. The van der Waals surface area contributed by atoms with Crippen LogP contribution < -0.4 is 5.32 Å². The zero-order valence-electron chi connectivity index (χ0n) is 12.6. The molecule has 3 atom stereocenters. The second kappa shape index (κ2) is 6.42. The molecule has 0 amide bonds. The molecule has 1 spiro atoms. The van der Waals surface area contributed by atoms with Crippen LogP contribution in [0.3, 0.4) is 0 Å². The topological polar surface area (TPSA) is 30.5 Å². The molecule has 1 N–H and O–H groups in total. The summed E-state index contributed by atoms with van der Waals surface area (Å²) in [5.41, 5.74) is 0.984. The highest BCUT2D eigenvalue weighted by Gasteiger charge is 2.42. The van der Waals surface area contributed by atoms with E-state index in [1.165, 1.54) is 6.07 Å². The van der Waals surface area contributed by atoms with E-state index in [4.69, 9.17) is 9.47 Å². The van der Waals surface area contributed by atoms with Gasteiger partial charge in [0, 0.05) is 25.7 Å². The smallest absolute Gasteiger partial charge is 0.123 e. The summed E-state index contributed by atoms with van der Waals surface area (Å²) in [4.78, 5) is 0. The zero-order valence-corrected chi connectivity index (χ0v) is 12.6. The first-order valence-electron chi connectivity index (χ1n) is 7.84. The van der Waals surface area contributed by atoms with Crippen LogP contribution in [0.1, 0.15) is 24.8 Å². The summed E-state index contributed by atoms with van der Waals surface area (Å²) in [6.07, 6.45) is 3.95. The maximum absolute atomic E-state index is 13.3. The SMILES string of the molecule is CNC(Cc1cccc(F)c1)C1CCOC2(CCOC2)C1. The van der Waals surface area contributed by atoms with E-state index < -0.39 is 0 Å². The molecule has 0 bridgehead atoms. The Kier molecular flexibility index (Phi) is 4.57. The van der Waals surface area contributed by atoms with Crippen molar-refractivity contribution in [3.63, 3.8) is 0 Å². The van der Waals surface area contributed by atoms with Gasteiger partial charge in [-0.1, -0.05) is 12.1 Å². The van der Waals surface area contributed by atoms with Gasteiger partial charge in [-0.25, -0.2) is 4.39 Å². The lowest BCUT2D eigenvalue weighted by Gasteiger charge is -2.40. The van der Waals surface area contributed by atoms with Crippen molar-refractivity contribution in [2.24, 2.45) is 5.92 Å². The Morgan fingerprint density at radius 1 is 1.43 bits per heavy atom. The van der Waals surface area contributed by atoms with Crippen molar-refractivity contribution in [2.75, 3.05) is 26.9 Å². The molecule has 3 rings (SSSR count). The molecule has 0 saturated carbocycles. The summed E-state index contributed by atoms with van der Waals surface area (Å²) in [6.45, 7) is 2.33. The Hall–Kier alpha value is -0.970. The Labute approximate surface area is 125 Å². The van der Waals surface area contributed by atoms with Crippen molar-refractivity contribution in [2.45, 2.75) is 37.3 Å². The van der Waals surface area contributed by atoms with Gasteiger partial charge in [0.15, 0.2) is 0 Å². The molecule has 2 aliphatic heterocycles. The van der Waals surface area contributed by atoms with Crippen LogP contribution in [-0.4, -0.2) is 38.5 Å². The molecular weight excluding hydrogens is 269 g/mol. The fourth-order valence-corrected chi connectivity index (χ4v) is 3.69. The molecule has 3 unspecified atom stereocenters. The van der Waals surface area contributed by atoms with E-state index >= 15 is 0 Å². The molecule has 2 saturated heterocycles. The standard InChI is InChI=1S/C17H24FNO2/c1-19-16(10-13-3-2-4-15(18)9-13)14-5-7-21-17(11-14)6-8-20-12-17/h2-4,9,14,16,19H,5-8,10-12H2,1H3. The minimum atomic E-state index is -0.157. The second-order valence-electron chi connectivity index (χ2n) is 6.32. The Bertz CT molecular complexity index is 474. The molecule has 1 aromatic carbocycles. The van der Waals surface area contributed by atoms with Crippen LogP contribution in [0.5, 0.6) is 0 Å². The molecule has 3 nitrogen and oxygen atoms in total. The maximum Gasteiger partial charge on any atom is 0.123 e. The predicted molar refractivity (Wildman–Crippen MR) is 79.8 cm³/mol. The van der Waals surface area contributed by atoms with Gasteiger partial charge in [0.25, 0.3) is 0 Å². The summed E-state index contributed by atoms with van der Waals surface area (Å²) >= 11 is 0. The van der Waals surface area contributed by atoms with E-state index in [1.54, 1.807) is 12.1 Å². The zero-order chi connectivity index (χ0) is 14.7. The van der Waals surface area contributed by atoms with E-state index in [9.17, 15) is 4.39 Å². The van der Waals surface area contributed by atoms with E-state index in [1.807, 2.05) is 13.1 Å². The second-order valence-corrected chi connectivity index (χ2v) is 6.32. The van der Waals surface area contributed by atoms with Crippen LogP contribution in [0.4, 0.5) is 4.39 Å². The van der Waals surface area contributed by atoms with Crippen molar-refractivity contribution < 1.29 is 13.9 Å². The number of halogens is 1. The number of benzene rings is 1. The maximum atomic E-state index is 13.3. The van der Waals surface area contributed by atoms with Crippen molar-refractivity contribution in [1.82, 2.24) is 5.32 Å². The number of rotatable bonds is 4. The third-order valence-electron chi connectivity index (χ3n) is 4.88. The van der Waals surface area contributed by atoms with E-state index in [2.05, 4.69) is 5.32 Å². The van der Waals surface area contributed by atoms with Gasteiger partial charge in [-0.05, 0) is 49.9 Å².